The van der Waals surface area contributed by atoms with E-state index in [1.54, 1.807) is 32.2 Å². The van der Waals surface area contributed by atoms with Crippen LogP contribution in [0.1, 0.15) is 29.8 Å². The van der Waals surface area contributed by atoms with E-state index in [1.165, 1.54) is 7.05 Å². The lowest BCUT2D eigenvalue weighted by Crippen LogP contribution is -2.33. The quantitative estimate of drug-likeness (QED) is 0.884. The van der Waals surface area contributed by atoms with Gasteiger partial charge in [0.05, 0.1) is 10.5 Å². The Morgan fingerprint density at radius 3 is 2.48 bits per heavy atom. The van der Waals surface area contributed by atoms with Crippen LogP contribution in [0.25, 0.3) is 0 Å². The van der Waals surface area contributed by atoms with Crippen molar-refractivity contribution in [2.75, 3.05) is 12.4 Å². The predicted molar refractivity (Wildman–Crippen MR) is 93.4 cm³/mol. The highest BCUT2D eigenvalue weighted by atomic mass is 32.2. The Hall–Kier alpha value is -2.32. The molecule has 0 radical (unpaired) electrons. The first-order valence-electron chi connectivity index (χ1n) is 7.64. The summed E-state index contributed by atoms with van der Waals surface area (Å²) < 4.78 is 40.2. The minimum Gasteiger partial charge on any atom is -0.306 e. The molecule has 0 saturated heterocycles. The van der Waals surface area contributed by atoms with Gasteiger partial charge in [0.2, 0.25) is 10.0 Å². The average molecular weight is 365 g/mol. The van der Waals surface area contributed by atoms with Crippen molar-refractivity contribution in [3.05, 3.63) is 53.5 Å². The lowest BCUT2D eigenvalue weighted by molar-refractivity contribution is 0.102. The smallest absolute Gasteiger partial charge is 0.259 e. The molecule has 8 heteroatoms. The Morgan fingerprint density at radius 2 is 1.92 bits per heavy atom. The summed E-state index contributed by atoms with van der Waals surface area (Å²) in [5.74, 6) is -1.32. The fourth-order valence-corrected chi connectivity index (χ4v) is 3.40. The zero-order valence-electron chi connectivity index (χ0n) is 14.4. The summed E-state index contributed by atoms with van der Waals surface area (Å²) in [5, 5.41) is 2.46. The van der Waals surface area contributed by atoms with Crippen LogP contribution in [0.15, 0.2) is 41.4 Å². The lowest BCUT2D eigenvalue weighted by Gasteiger charge is -2.21. The summed E-state index contributed by atoms with van der Waals surface area (Å²) in [7, 11) is -2.39. The third-order valence-electron chi connectivity index (χ3n) is 3.74. The van der Waals surface area contributed by atoms with Gasteiger partial charge >= 0.3 is 0 Å². The van der Waals surface area contributed by atoms with Crippen LogP contribution in [-0.2, 0) is 10.0 Å². The maximum absolute atomic E-state index is 14.0. The number of sulfonamides is 1. The van der Waals surface area contributed by atoms with Crippen LogP contribution in [0, 0.1) is 12.7 Å². The van der Waals surface area contributed by atoms with Crippen molar-refractivity contribution in [1.82, 2.24) is 9.29 Å². The van der Waals surface area contributed by atoms with Crippen molar-refractivity contribution in [2.45, 2.75) is 31.7 Å². The van der Waals surface area contributed by atoms with Crippen molar-refractivity contribution in [2.24, 2.45) is 0 Å². The van der Waals surface area contributed by atoms with Gasteiger partial charge in [0.1, 0.15) is 11.6 Å². The number of benzene rings is 1. The number of amides is 1. The number of aromatic nitrogens is 1. The number of carbonyl (C=O) groups excluding carboxylic acids is 1. The van der Waals surface area contributed by atoms with Gasteiger partial charge in [0.15, 0.2) is 0 Å². The number of halogens is 1. The van der Waals surface area contributed by atoms with Gasteiger partial charge in [-0.2, -0.15) is 4.31 Å². The molecule has 1 aromatic carbocycles. The molecule has 0 aliphatic rings. The molecule has 0 atom stereocenters. The number of nitrogens with zero attached hydrogens (tertiary/aromatic N) is 2. The summed E-state index contributed by atoms with van der Waals surface area (Å²) in [6.07, 6.45) is 1.56. The van der Waals surface area contributed by atoms with Crippen molar-refractivity contribution in [1.29, 1.82) is 0 Å². The molecule has 0 bridgehead atoms. The van der Waals surface area contributed by atoms with Gasteiger partial charge in [-0.3, -0.25) is 4.79 Å². The molecule has 1 amide bonds. The Morgan fingerprint density at radius 1 is 1.24 bits per heavy atom. The van der Waals surface area contributed by atoms with Crippen molar-refractivity contribution in [3.8, 4) is 0 Å². The number of rotatable bonds is 5. The van der Waals surface area contributed by atoms with Crippen LogP contribution < -0.4 is 5.32 Å². The normalized spacial score (nSPS) is 11.8. The van der Waals surface area contributed by atoms with Crippen LogP contribution in [0.5, 0.6) is 0 Å². The molecule has 1 N–H and O–H groups in total. The zero-order chi connectivity index (χ0) is 18.8. The van der Waals surface area contributed by atoms with E-state index in [9.17, 15) is 17.6 Å². The van der Waals surface area contributed by atoms with E-state index in [-0.39, 0.29) is 22.3 Å². The molecular formula is C17H20FN3O3S. The molecule has 0 fully saturated rings. The van der Waals surface area contributed by atoms with E-state index in [1.807, 2.05) is 6.92 Å². The number of carbonyl (C=O) groups is 1. The molecule has 0 unspecified atom stereocenters. The van der Waals surface area contributed by atoms with E-state index < -0.39 is 21.7 Å². The van der Waals surface area contributed by atoms with Crippen LogP contribution in [0.3, 0.4) is 0 Å². The van der Waals surface area contributed by atoms with Gasteiger partial charge in [0.25, 0.3) is 5.91 Å². The molecule has 1 heterocycles. The van der Waals surface area contributed by atoms with E-state index >= 15 is 0 Å². The molecule has 0 aliphatic carbocycles. The molecule has 0 aliphatic heterocycles. The standard InChI is InChI=1S/C17H20FN3O3S/c1-11(2)21(4)25(23,24)13-6-7-15(18)14(9-13)17(22)20-16-8-5-12(3)10-19-16/h5-11H,1-4H3,(H,19,20,22). The Bertz CT molecular complexity index is 881. The van der Waals surface area contributed by atoms with Crippen molar-refractivity contribution < 1.29 is 17.6 Å². The number of aryl methyl sites for hydroxylation is 1. The van der Waals surface area contributed by atoms with E-state index in [4.69, 9.17) is 0 Å². The fraction of sp³-hybridized carbons (Fsp3) is 0.294. The maximum atomic E-state index is 14.0. The molecule has 6 nitrogen and oxygen atoms in total. The third kappa shape index (κ3) is 4.21. The van der Waals surface area contributed by atoms with E-state index in [0.717, 1.165) is 28.1 Å². The molecular weight excluding hydrogens is 345 g/mol. The summed E-state index contributed by atoms with van der Waals surface area (Å²) >= 11 is 0. The summed E-state index contributed by atoms with van der Waals surface area (Å²) in [5.41, 5.74) is 0.551. The van der Waals surface area contributed by atoms with Gasteiger partial charge in [-0.25, -0.2) is 17.8 Å². The van der Waals surface area contributed by atoms with Gasteiger partial charge < -0.3 is 5.32 Å². The highest BCUT2D eigenvalue weighted by molar-refractivity contribution is 7.89. The average Bonchev–Trinajstić information content (AvgIpc) is 2.56. The zero-order valence-corrected chi connectivity index (χ0v) is 15.3. The van der Waals surface area contributed by atoms with Crippen LogP contribution in [0.4, 0.5) is 10.2 Å². The molecule has 134 valence electrons. The van der Waals surface area contributed by atoms with Gasteiger partial charge in [0, 0.05) is 19.3 Å². The predicted octanol–water partition coefficient (Wildman–Crippen LogP) is 2.81. The Balaban J connectivity index is 2.35. The number of pyridine rings is 1. The van der Waals surface area contributed by atoms with Crippen LogP contribution in [0.2, 0.25) is 0 Å². The molecule has 2 aromatic rings. The first-order valence-corrected chi connectivity index (χ1v) is 9.08. The first kappa shape index (κ1) is 19.0. The lowest BCUT2D eigenvalue weighted by atomic mass is 10.2. The SMILES string of the molecule is Cc1ccc(NC(=O)c2cc(S(=O)(=O)N(C)C(C)C)ccc2F)nc1. The number of hydrogen-bond acceptors (Lipinski definition) is 4. The molecule has 0 spiro atoms. The minimum atomic E-state index is -3.82. The van der Waals surface area contributed by atoms with E-state index in [0.29, 0.717) is 0 Å². The second-order valence-corrected chi connectivity index (χ2v) is 7.93. The monoisotopic (exact) mass is 365 g/mol. The van der Waals surface area contributed by atoms with Gasteiger partial charge in [-0.15, -0.1) is 0 Å². The van der Waals surface area contributed by atoms with E-state index in [2.05, 4.69) is 10.3 Å². The molecule has 0 saturated carbocycles. The first-order chi connectivity index (χ1) is 11.6. The largest absolute Gasteiger partial charge is 0.306 e. The molecule has 2 rings (SSSR count). The number of nitrogens with one attached hydrogen (secondary N) is 1. The molecule has 1 aromatic heterocycles. The second-order valence-electron chi connectivity index (χ2n) is 5.93. The van der Waals surface area contributed by atoms with Gasteiger partial charge in [-0.05, 0) is 50.6 Å². The van der Waals surface area contributed by atoms with Crippen molar-refractivity contribution >= 4 is 21.7 Å². The highest BCUT2D eigenvalue weighted by Gasteiger charge is 2.25. The van der Waals surface area contributed by atoms with Crippen LogP contribution in [-0.4, -0.2) is 36.7 Å². The topological polar surface area (TPSA) is 79.4 Å². The highest BCUT2D eigenvalue weighted by Crippen LogP contribution is 2.20. The Labute approximate surface area is 146 Å². The van der Waals surface area contributed by atoms with Gasteiger partial charge in [-0.1, -0.05) is 6.07 Å². The number of hydrogen-bond donors (Lipinski definition) is 1. The fourth-order valence-electron chi connectivity index (χ4n) is 2.01. The summed E-state index contributed by atoms with van der Waals surface area (Å²) in [6, 6.07) is 6.20. The minimum absolute atomic E-state index is 0.146. The summed E-state index contributed by atoms with van der Waals surface area (Å²) in [4.78, 5) is 16.2. The maximum Gasteiger partial charge on any atom is 0.259 e. The number of anilines is 1. The molecule has 25 heavy (non-hydrogen) atoms. The van der Waals surface area contributed by atoms with Crippen LogP contribution >= 0.6 is 0 Å². The Kier molecular flexibility index (Phi) is 5.54. The second kappa shape index (κ2) is 7.28. The van der Waals surface area contributed by atoms with Crippen molar-refractivity contribution in [3.63, 3.8) is 0 Å². The third-order valence-corrected chi connectivity index (χ3v) is 5.77. The summed E-state index contributed by atoms with van der Waals surface area (Å²) in [6.45, 7) is 5.29.